The van der Waals surface area contributed by atoms with Crippen LogP contribution in [-0.4, -0.2) is 13.2 Å². The molecule has 2 N–H and O–H groups in total. The summed E-state index contributed by atoms with van der Waals surface area (Å²) in [6.07, 6.45) is 3.70. The van der Waals surface area contributed by atoms with Crippen LogP contribution in [0.3, 0.4) is 0 Å². The summed E-state index contributed by atoms with van der Waals surface area (Å²) in [7, 11) is 0. The van der Waals surface area contributed by atoms with Gasteiger partial charge in [-0.15, -0.1) is 11.3 Å². The lowest BCUT2D eigenvalue weighted by molar-refractivity contribution is 0.0580. The minimum absolute atomic E-state index is 0.0989. The van der Waals surface area contributed by atoms with E-state index in [0.717, 1.165) is 13.0 Å². The van der Waals surface area contributed by atoms with Crippen molar-refractivity contribution in [1.29, 1.82) is 0 Å². The van der Waals surface area contributed by atoms with Gasteiger partial charge >= 0.3 is 0 Å². The number of rotatable bonds is 7. The molecule has 0 aliphatic carbocycles. The van der Waals surface area contributed by atoms with E-state index in [4.69, 9.17) is 10.5 Å². The molecule has 15 heavy (non-hydrogen) atoms. The fourth-order valence-electron chi connectivity index (χ4n) is 1.54. The summed E-state index contributed by atoms with van der Waals surface area (Å²) in [6, 6.07) is 2.12. The topological polar surface area (TPSA) is 35.2 Å². The molecule has 1 unspecified atom stereocenters. The molecule has 0 aromatic carbocycles. The van der Waals surface area contributed by atoms with Gasteiger partial charge in [-0.1, -0.05) is 19.8 Å². The van der Waals surface area contributed by atoms with Gasteiger partial charge in [0.2, 0.25) is 0 Å². The largest absolute Gasteiger partial charge is 0.371 e. The zero-order chi connectivity index (χ0) is 11.1. The standard InChI is InChI=1S/C12H21NOS/c1-3-4-5-7-14-11(9-13)12-10(2)6-8-15-12/h6,8,11H,3-5,7,9,13H2,1-2H3. The Balaban J connectivity index is 2.39. The number of hydrogen-bond donors (Lipinski definition) is 1. The summed E-state index contributed by atoms with van der Waals surface area (Å²) in [5, 5.41) is 2.10. The maximum Gasteiger partial charge on any atom is 0.104 e. The fraction of sp³-hybridized carbons (Fsp3) is 0.667. The molecule has 1 aromatic heterocycles. The maximum absolute atomic E-state index is 5.80. The Kier molecular flexibility index (Phi) is 5.91. The highest BCUT2D eigenvalue weighted by atomic mass is 32.1. The molecule has 0 radical (unpaired) electrons. The summed E-state index contributed by atoms with van der Waals surface area (Å²) >= 11 is 1.74. The monoisotopic (exact) mass is 227 g/mol. The maximum atomic E-state index is 5.80. The molecule has 0 aliphatic rings. The Labute approximate surface area is 96.4 Å². The molecule has 1 heterocycles. The van der Waals surface area contributed by atoms with Gasteiger partial charge in [0.25, 0.3) is 0 Å². The van der Waals surface area contributed by atoms with Gasteiger partial charge in [0, 0.05) is 18.0 Å². The summed E-state index contributed by atoms with van der Waals surface area (Å²) in [5.74, 6) is 0. The molecule has 3 heteroatoms. The molecular formula is C12H21NOS. The first kappa shape index (κ1) is 12.7. The van der Waals surface area contributed by atoms with Crippen molar-refractivity contribution in [3.8, 4) is 0 Å². The van der Waals surface area contributed by atoms with E-state index in [0.29, 0.717) is 6.54 Å². The molecule has 1 aromatic rings. The van der Waals surface area contributed by atoms with Crippen LogP contribution in [0.2, 0.25) is 0 Å². The number of nitrogens with two attached hydrogens (primary N) is 1. The van der Waals surface area contributed by atoms with E-state index in [1.165, 1.54) is 23.3 Å². The van der Waals surface area contributed by atoms with Crippen molar-refractivity contribution in [3.05, 3.63) is 21.9 Å². The van der Waals surface area contributed by atoms with Crippen molar-refractivity contribution >= 4 is 11.3 Å². The Bertz CT molecular complexity index is 272. The van der Waals surface area contributed by atoms with Crippen molar-refractivity contribution in [2.24, 2.45) is 5.73 Å². The summed E-state index contributed by atoms with van der Waals surface area (Å²) in [5.41, 5.74) is 7.03. The van der Waals surface area contributed by atoms with Gasteiger partial charge in [0.15, 0.2) is 0 Å². The smallest absolute Gasteiger partial charge is 0.104 e. The minimum atomic E-state index is 0.0989. The molecule has 1 rings (SSSR count). The van der Waals surface area contributed by atoms with E-state index in [9.17, 15) is 0 Å². The molecule has 0 spiro atoms. The van der Waals surface area contributed by atoms with Crippen LogP contribution in [0.1, 0.15) is 42.7 Å². The first-order valence-corrected chi connectivity index (χ1v) is 6.53. The highest BCUT2D eigenvalue weighted by Gasteiger charge is 2.13. The third kappa shape index (κ3) is 3.93. The zero-order valence-corrected chi connectivity index (χ0v) is 10.5. The van der Waals surface area contributed by atoms with Crippen LogP contribution in [-0.2, 0) is 4.74 Å². The van der Waals surface area contributed by atoms with E-state index < -0.39 is 0 Å². The fourth-order valence-corrected chi connectivity index (χ4v) is 2.53. The van der Waals surface area contributed by atoms with Gasteiger partial charge in [-0.25, -0.2) is 0 Å². The van der Waals surface area contributed by atoms with Crippen LogP contribution < -0.4 is 5.73 Å². The third-order valence-electron chi connectivity index (χ3n) is 2.48. The van der Waals surface area contributed by atoms with Crippen molar-refractivity contribution < 1.29 is 4.74 Å². The van der Waals surface area contributed by atoms with E-state index >= 15 is 0 Å². The Morgan fingerprint density at radius 2 is 2.27 bits per heavy atom. The first-order valence-electron chi connectivity index (χ1n) is 5.65. The van der Waals surface area contributed by atoms with Crippen LogP contribution >= 0.6 is 11.3 Å². The van der Waals surface area contributed by atoms with E-state index in [1.807, 2.05) is 0 Å². The summed E-state index contributed by atoms with van der Waals surface area (Å²) in [6.45, 7) is 5.72. The lowest BCUT2D eigenvalue weighted by atomic mass is 10.2. The predicted octanol–water partition coefficient (Wildman–Crippen LogP) is 3.26. The van der Waals surface area contributed by atoms with Gasteiger partial charge in [0.05, 0.1) is 0 Å². The zero-order valence-electron chi connectivity index (χ0n) is 9.66. The lowest BCUT2D eigenvalue weighted by Gasteiger charge is -2.15. The van der Waals surface area contributed by atoms with Crippen molar-refractivity contribution in [3.63, 3.8) is 0 Å². The highest BCUT2D eigenvalue weighted by molar-refractivity contribution is 7.10. The van der Waals surface area contributed by atoms with Gasteiger partial charge in [-0.05, 0) is 30.4 Å². The van der Waals surface area contributed by atoms with E-state index in [1.54, 1.807) is 11.3 Å². The molecule has 0 bridgehead atoms. The molecule has 2 nitrogen and oxygen atoms in total. The van der Waals surface area contributed by atoms with Crippen molar-refractivity contribution in [1.82, 2.24) is 0 Å². The van der Waals surface area contributed by atoms with Crippen LogP contribution in [0, 0.1) is 6.92 Å². The van der Waals surface area contributed by atoms with E-state index in [2.05, 4.69) is 25.3 Å². The lowest BCUT2D eigenvalue weighted by Crippen LogP contribution is -2.16. The molecule has 0 saturated heterocycles. The summed E-state index contributed by atoms with van der Waals surface area (Å²) < 4.78 is 5.80. The van der Waals surface area contributed by atoms with Gasteiger partial charge < -0.3 is 10.5 Å². The number of thiophene rings is 1. The number of hydrogen-bond acceptors (Lipinski definition) is 3. The molecular weight excluding hydrogens is 206 g/mol. The van der Waals surface area contributed by atoms with Crippen LogP contribution in [0.15, 0.2) is 11.4 Å². The number of aryl methyl sites for hydroxylation is 1. The van der Waals surface area contributed by atoms with Crippen LogP contribution in [0.5, 0.6) is 0 Å². The predicted molar refractivity (Wildman–Crippen MR) is 66.3 cm³/mol. The average molecular weight is 227 g/mol. The van der Waals surface area contributed by atoms with Gasteiger partial charge in [-0.2, -0.15) is 0 Å². The minimum Gasteiger partial charge on any atom is -0.371 e. The second-order valence-electron chi connectivity index (χ2n) is 3.77. The Morgan fingerprint density at radius 3 is 2.80 bits per heavy atom. The molecule has 1 atom stereocenters. The normalized spacial score (nSPS) is 13.0. The SMILES string of the molecule is CCCCCOC(CN)c1sccc1C. The molecule has 0 fully saturated rings. The second kappa shape index (κ2) is 6.99. The molecule has 0 saturated carbocycles. The highest BCUT2D eigenvalue weighted by Crippen LogP contribution is 2.26. The average Bonchev–Trinajstić information content (AvgIpc) is 2.65. The molecule has 0 amide bonds. The second-order valence-corrected chi connectivity index (χ2v) is 4.72. The Hall–Kier alpha value is -0.380. The van der Waals surface area contributed by atoms with E-state index in [-0.39, 0.29) is 6.10 Å². The number of unbranched alkanes of at least 4 members (excludes halogenated alkanes) is 2. The summed E-state index contributed by atoms with van der Waals surface area (Å²) in [4.78, 5) is 1.29. The van der Waals surface area contributed by atoms with Crippen LogP contribution in [0.4, 0.5) is 0 Å². The molecule has 86 valence electrons. The van der Waals surface area contributed by atoms with Crippen molar-refractivity contribution in [2.75, 3.05) is 13.2 Å². The number of ether oxygens (including phenoxy) is 1. The molecule has 0 aliphatic heterocycles. The Morgan fingerprint density at radius 1 is 1.47 bits per heavy atom. The third-order valence-corrected chi connectivity index (χ3v) is 3.59. The van der Waals surface area contributed by atoms with Gasteiger partial charge in [0.1, 0.15) is 6.10 Å². The van der Waals surface area contributed by atoms with Crippen molar-refractivity contribution in [2.45, 2.75) is 39.2 Å². The van der Waals surface area contributed by atoms with Gasteiger partial charge in [-0.3, -0.25) is 0 Å². The van der Waals surface area contributed by atoms with Crippen LogP contribution in [0.25, 0.3) is 0 Å². The first-order chi connectivity index (χ1) is 7.29. The quantitative estimate of drug-likeness (QED) is 0.726.